The van der Waals surface area contributed by atoms with Crippen molar-refractivity contribution in [1.29, 1.82) is 0 Å². The average molecular weight is 188 g/mol. The zero-order chi connectivity index (χ0) is 9.97. The molecule has 72 valence electrons. The summed E-state index contributed by atoms with van der Waals surface area (Å²) < 4.78 is 1.96. The minimum absolute atomic E-state index is 0.399. The van der Waals surface area contributed by atoms with Crippen molar-refractivity contribution < 1.29 is 0 Å². The summed E-state index contributed by atoms with van der Waals surface area (Å²) in [4.78, 5) is 0. The van der Waals surface area contributed by atoms with Gasteiger partial charge >= 0.3 is 0 Å². The number of benzene rings is 1. The Labute approximate surface area is 82.4 Å². The number of hydrogen-bond acceptors (Lipinski definition) is 3. The predicted octanol–water partition coefficient (Wildman–Crippen LogP) is 1.03. The van der Waals surface area contributed by atoms with Crippen molar-refractivity contribution in [3.05, 3.63) is 42.0 Å². The zero-order valence-electron chi connectivity index (χ0n) is 8.01. The van der Waals surface area contributed by atoms with Crippen molar-refractivity contribution in [2.24, 2.45) is 5.73 Å². The van der Waals surface area contributed by atoms with E-state index in [0.717, 1.165) is 17.3 Å². The van der Waals surface area contributed by atoms with E-state index in [9.17, 15) is 0 Å². The molecule has 0 saturated heterocycles. The Morgan fingerprint density at radius 3 is 2.57 bits per heavy atom. The minimum atomic E-state index is 0.399. The third-order valence-electron chi connectivity index (χ3n) is 2.09. The van der Waals surface area contributed by atoms with Crippen LogP contribution in [0, 0.1) is 6.92 Å². The Hall–Kier alpha value is -1.68. The molecule has 0 spiro atoms. The topological polar surface area (TPSA) is 56.7 Å². The highest BCUT2D eigenvalue weighted by molar-refractivity contribution is 5.33. The largest absolute Gasteiger partial charge is 0.324 e. The maximum atomic E-state index is 5.58. The highest BCUT2D eigenvalue weighted by Gasteiger charge is 2.07. The molecule has 0 aliphatic carbocycles. The molecule has 0 atom stereocenters. The normalized spacial score (nSPS) is 10.4. The Morgan fingerprint density at radius 1 is 1.21 bits per heavy atom. The monoisotopic (exact) mass is 188 g/mol. The number of para-hydroxylation sites is 1. The summed E-state index contributed by atoms with van der Waals surface area (Å²) >= 11 is 0. The maximum Gasteiger partial charge on any atom is 0.151 e. The number of aromatic nitrogens is 3. The van der Waals surface area contributed by atoms with Gasteiger partial charge in [-0.15, -0.1) is 10.2 Å². The van der Waals surface area contributed by atoms with Crippen LogP contribution in [0.5, 0.6) is 0 Å². The quantitative estimate of drug-likeness (QED) is 0.766. The van der Waals surface area contributed by atoms with E-state index < -0.39 is 0 Å². The van der Waals surface area contributed by atoms with E-state index in [1.807, 2.05) is 41.8 Å². The fourth-order valence-electron chi connectivity index (χ4n) is 1.45. The number of rotatable bonds is 2. The molecule has 0 unspecified atom stereocenters. The van der Waals surface area contributed by atoms with Crippen molar-refractivity contribution in [2.75, 3.05) is 0 Å². The smallest absolute Gasteiger partial charge is 0.151 e. The highest BCUT2D eigenvalue weighted by Crippen LogP contribution is 2.11. The molecule has 1 heterocycles. The summed E-state index contributed by atoms with van der Waals surface area (Å²) in [5, 5.41) is 8.00. The Bertz CT molecular complexity index is 419. The van der Waals surface area contributed by atoms with Gasteiger partial charge in [0.1, 0.15) is 5.82 Å². The lowest BCUT2D eigenvalue weighted by atomic mass is 10.3. The highest BCUT2D eigenvalue weighted by atomic mass is 15.3. The van der Waals surface area contributed by atoms with Crippen LogP contribution in [0.2, 0.25) is 0 Å². The van der Waals surface area contributed by atoms with Gasteiger partial charge in [0.25, 0.3) is 0 Å². The molecule has 14 heavy (non-hydrogen) atoms. The second-order valence-corrected chi connectivity index (χ2v) is 3.04. The summed E-state index contributed by atoms with van der Waals surface area (Å²) in [6.07, 6.45) is 0. The fraction of sp³-hybridized carbons (Fsp3) is 0.200. The lowest BCUT2D eigenvalue weighted by Gasteiger charge is -2.06. The van der Waals surface area contributed by atoms with E-state index in [-0.39, 0.29) is 0 Å². The molecule has 0 saturated carbocycles. The zero-order valence-corrected chi connectivity index (χ0v) is 8.01. The van der Waals surface area contributed by atoms with Gasteiger partial charge in [0.05, 0.1) is 6.54 Å². The summed E-state index contributed by atoms with van der Waals surface area (Å²) in [5.41, 5.74) is 6.63. The van der Waals surface area contributed by atoms with Crippen molar-refractivity contribution >= 4 is 0 Å². The van der Waals surface area contributed by atoms with Gasteiger partial charge in [0, 0.05) is 5.69 Å². The van der Waals surface area contributed by atoms with Gasteiger partial charge in [-0.1, -0.05) is 18.2 Å². The molecule has 0 fully saturated rings. The number of hydrogen-bond donors (Lipinski definition) is 1. The number of aryl methyl sites for hydroxylation is 1. The molecule has 0 radical (unpaired) electrons. The first-order valence-electron chi connectivity index (χ1n) is 4.49. The Kier molecular flexibility index (Phi) is 2.28. The van der Waals surface area contributed by atoms with Crippen LogP contribution < -0.4 is 5.73 Å². The molecule has 2 aromatic rings. The van der Waals surface area contributed by atoms with Crippen molar-refractivity contribution in [2.45, 2.75) is 13.5 Å². The van der Waals surface area contributed by atoms with Gasteiger partial charge in [0.15, 0.2) is 5.82 Å². The molecule has 2 rings (SSSR count). The number of nitrogens with two attached hydrogens (primary N) is 1. The molecule has 1 aromatic heterocycles. The van der Waals surface area contributed by atoms with E-state index in [0.29, 0.717) is 6.54 Å². The van der Waals surface area contributed by atoms with Crippen LogP contribution in [-0.2, 0) is 6.54 Å². The lowest BCUT2D eigenvalue weighted by molar-refractivity contribution is 0.850. The summed E-state index contributed by atoms with van der Waals surface area (Å²) in [6.45, 7) is 2.31. The van der Waals surface area contributed by atoms with Gasteiger partial charge in [-0.2, -0.15) is 0 Å². The van der Waals surface area contributed by atoms with E-state index in [1.165, 1.54) is 0 Å². The van der Waals surface area contributed by atoms with Crippen molar-refractivity contribution in [3.8, 4) is 5.69 Å². The predicted molar refractivity (Wildman–Crippen MR) is 54.0 cm³/mol. The minimum Gasteiger partial charge on any atom is -0.324 e. The molecular formula is C10H12N4. The molecule has 0 aliphatic heterocycles. The maximum absolute atomic E-state index is 5.58. The van der Waals surface area contributed by atoms with Gasteiger partial charge in [-0.3, -0.25) is 4.57 Å². The number of nitrogens with zero attached hydrogens (tertiary/aromatic N) is 3. The van der Waals surface area contributed by atoms with E-state index in [2.05, 4.69) is 10.2 Å². The molecule has 0 bridgehead atoms. The van der Waals surface area contributed by atoms with E-state index >= 15 is 0 Å². The second kappa shape index (κ2) is 3.59. The van der Waals surface area contributed by atoms with Gasteiger partial charge in [0.2, 0.25) is 0 Å². The first kappa shape index (κ1) is 8.90. The second-order valence-electron chi connectivity index (χ2n) is 3.04. The molecule has 1 aromatic carbocycles. The Morgan fingerprint density at radius 2 is 1.93 bits per heavy atom. The molecule has 0 amide bonds. The summed E-state index contributed by atoms with van der Waals surface area (Å²) in [5.74, 6) is 1.64. The Balaban J connectivity index is 2.55. The van der Waals surface area contributed by atoms with Crippen LogP contribution in [0.1, 0.15) is 11.6 Å². The van der Waals surface area contributed by atoms with Crippen molar-refractivity contribution in [3.63, 3.8) is 0 Å². The third-order valence-corrected chi connectivity index (χ3v) is 2.09. The molecule has 4 nitrogen and oxygen atoms in total. The standard InChI is InChI=1S/C10H12N4/c1-8-12-13-10(7-11)14(8)9-5-3-2-4-6-9/h2-6H,7,11H2,1H3. The SMILES string of the molecule is Cc1nnc(CN)n1-c1ccccc1. The van der Waals surface area contributed by atoms with Crippen LogP contribution in [0.15, 0.2) is 30.3 Å². The lowest BCUT2D eigenvalue weighted by Crippen LogP contribution is -2.07. The molecule has 0 aliphatic rings. The summed E-state index contributed by atoms with van der Waals surface area (Å²) in [6, 6.07) is 9.96. The van der Waals surface area contributed by atoms with Crippen LogP contribution >= 0.6 is 0 Å². The average Bonchev–Trinajstić information content (AvgIpc) is 2.61. The van der Waals surface area contributed by atoms with Crippen LogP contribution in [-0.4, -0.2) is 14.8 Å². The van der Waals surface area contributed by atoms with Gasteiger partial charge in [-0.25, -0.2) is 0 Å². The fourth-order valence-corrected chi connectivity index (χ4v) is 1.45. The van der Waals surface area contributed by atoms with Crippen LogP contribution in [0.25, 0.3) is 5.69 Å². The van der Waals surface area contributed by atoms with Crippen molar-refractivity contribution in [1.82, 2.24) is 14.8 Å². The molecular weight excluding hydrogens is 176 g/mol. The summed E-state index contributed by atoms with van der Waals surface area (Å²) in [7, 11) is 0. The first-order valence-corrected chi connectivity index (χ1v) is 4.49. The molecule has 2 N–H and O–H groups in total. The van der Waals surface area contributed by atoms with E-state index in [4.69, 9.17) is 5.73 Å². The molecule has 4 heteroatoms. The van der Waals surface area contributed by atoms with E-state index in [1.54, 1.807) is 0 Å². The van der Waals surface area contributed by atoms with Crippen LogP contribution in [0.4, 0.5) is 0 Å². The van der Waals surface area contributed by atoms with Crippen LogP contribution in [0.3, 0.4) is 0 Å². The van der Waals surface area contributed by atoms with Gasteiger partial charge in [-0.05, 0) is 19.1 Å². The first-order chi connectivity index (χ1) is 6.83. The van der Waals surface area contributed by atoms with Gasteiger partial charge < -0.3 is 5.73 Å². The third kappa shape index (κ3) is 1.40.